The van der Waals surface area contributed by atoms with Gasteiger partial charge >= 0.3 is 0 Å². The van der Waals surface area contributed by atoms with Crippen LogP contribution < -0.4 is 15.5 Å². The van der Waals surface area contributed by atoms with E-state index in [1.807, 2.05) is 52.0 Å². The summed E-state index contributed by atoms with van der Waals surface area (Å²) in [5, 5.41) is 5.78. The lowest BCUT2D eigenvalue weighted by Gasteiger charge is -2.23. The number of quaternary nitrogens is 1. The van der Waals surface area contributed by atoms with E-state index in [9.17, 15) is 9.59 Å². The Morgan fingerprint density at radius 1 is 1.09 bits per heavy atom. The Bertz CT molecular complexity index is 509. The second-order valence-corrected chi connectivity index (χ2v) is 7.56. The van der Waals surface area contributed by atoms with Gasteiger partial charge in [0, 0.05) is 14.8 Å². The number of amides is 2. The van der Waals surface area contributed by atoms with Gasteiger partial charge in [0.25, 0.3) is 11.8 Å². The maximum Gasteiger partial charge on any atom is 0.279 e. The molecule has 0 saturated heterocycles. The molecule has 6 heteroatoms. The van der Waals surface area contributed by atoms with Crippen LogP contribution in [0.3, 0.4) is 0 Å². The molecule has 3 N–H and O–H groups in total. The number of carbonyl (C=O) groups excluding carboxylic acids is 2. The third-order valence-corrected chi connectivity index (χ3v) is 3.68. The third kappa shape index (κ3) is 7.74. The highest BCUT2D eigenvalue weighted by atomic mass is 127. The minimum absolute atomic E-state index is 0.0357. The number of likely N-dealkylation sites (N-methyl/N-ethyl adjacent to an activating group) is 1. The van der Waals surface area contributed by atoms with E-state index in [0.717, 1.165) is 20.7 Å². The van der Waals surface area contributed by atoms with E-state index >= 15 is 0 Å². The van der Waals surface area contributed by atoms with Gasteiger partial charge in [0.15, 0.2) is 13.1 Å². The molecule has 1 unspecified atom stereocenters. The number of hydrogen-bond acceptors (Lipinski definition) is 2. The summed E-state index contributed by atoms with van der Waals surface area (Å²) < 4.78 is 1.12. The molecule has 0 fully saturated rings. The van der Waals surface area contributed by atoms with Crippen LogP contribution in [0.15, 0.2) is 24.3 Å². The quantitative estimate of drug-likeness (QED) is 0.605. The largest absolute Gasteiger partial charge is 0.347 e. The SMILES string of the molecule is CC[NH+](CC(=O)Nc1ccc(I)cc1)CC(=O)NC(C)(C)C. The Kier molecular flexibility index (Phi) is 7.28. The number of anilines is 1. The minimum Gasteiger partial charge on any atom is -0.347 e. The van der Waals surface area contributed by atoms with Crippen molar-refractivity contribution in [3.63, 3.8) is 0 Å². The number of halogens is 1. The normalized spacial score (nSPS) is 12.6. The Morgan fingerprint density at radius 2 is 1.64 bits per heavy atom. The summed E-state index contributed by atoms with van der Waals surface area (Å²) >= 11 is 2.22. The molecule has 5 nitrogen and oxygen atoms in total. The van der Waals surface area contributed by atoms with Gasteiger partial charge < -0.3 is 15.5 Å². The van der Waals surface area contributed by atoms with E-state index in [4.69, 9.17) is 0 Å². The topological polar surface area (TPSA) is 62.6 Å². The molecule has 0 bridgehead atoms. The Morgan fingerprint density at radius 3 is 2.14 bits per heavy atom. The second kappa shape index (κ2) is 8.47. The van der Waals surface area contributed by atoms with Crippen LogP contribution in [0.5, 0.6) is 0 Å². The summed E-state index contributed by atoms with van der Waals surface area (Å²) in [7, 11) is 0. The second-order valence-electron chi connectivity index (χ2n) is 6.31. The summed E-state index contributed by atoms with van der Waals surface area (Å²) in [6, 6.07) is 7.63. The molecular formula is C16H25IN3O2+. The van der Waals surface area contributed by atoms with E-state index in [1.54, 1.807) is 0 Å². The standard InChI is InChI=1S/C16H24IN3O2/c1-5-20(11-15(22)19-16(2,3)4)10-14(21)18-13-8-6-12(17)7-9-13/h6-9H,5,10-11H2,1-4H3,(H,18,21)(H,19,22)/p+1. The van der Waals surface area contributed by atoms with Gasteiger partial charge in [-0.15, -0.1) is 0 Å². The van der Waals surface area contributed by atoms with Gasteiger partial charge in [-0.05, 0) is 74.6 Å². The van der Waals surface area contributed by atoms with Crippen LogP contribution in [0.25, 0.3) is 0 Å². The van der Waals surface area contributed by atoms with Gasteiger partial charge in [-0.3, -0.25) is 9.59 Å². The number of rotatable bonds is 6. The molecule has 0 saturated carbocycles. The Balaban J connectivity index is 2.49. The molecule has 0 aliphatic rings. The predicted octanol–water partition coefficient (Wildman–Crippen LogP) is 1.05. The zero-order valence-corrected chi connectivity index (χ0v) is 15.8. The van der Waals surface area contributed by atoms with Crippen molar-refractivity contribution in [3.05, 3.63) is 27.8 Å². The molecule has 0 spiro atoms. The molecule has 1 rings (SSSR count). The van der Waals surface area contributed by atoms with Crippen molar-refractivity contribution >= 4 is 40.1 Å². The van der Waals surface area contributed by atoms with E-state index in [-0.39, 0.29) is 23.9 Å². The van der Waals surface area contributed by atoms with Crippen LogP contribution in [0.2, 0.25) is 0 Å². The van der Waals surface area contributed by atoms with Crippen molar-refractivity contribution in [2.45, 2.75) is 33.2 Å². The molecule has 1 aromatic rings. The monoisotopic (exact) mass is 418 g/mol. The van der Waals surface area contributed by atoms with Crippen LogP contribution in [0, 0.1) is 3.57 Å². The highest BCUT2D eigenvalue weighted by molar-refractivity contribution is 14.1. The van der Waals surface area contributed by atoms with Crippen LogP contribution in [0.1, 0.15) is 27.7 Å². The van der Waals surface area contributed by atoms with Gasteiger partial charge in [0.1, 0.15) is 0 Å². The number of hydrogen-bond donors (Lipinski definition) is 3. The molecule has 0 heterocycles. The van der Waals surface area contributed by atoms with Gasteiger partial charge in [-0.1, -0.05) is 0 Å². The van der Waals surface area contributed by atoms with Crippen LogP contribution in [-0.2, 0) is 9.59 Å². The van der Waals surface area contributed by atoms with Gasteiger partial charge in [0.05, 0.1) is 6.54 Å². The van der Waals surface area contributed by atoms with Crippen molar-refractivity contribution in [1.82, 2.24) is 5.32 Å². The molecule has 1 aromatic carbocycles. The average molecular weight is 418 g/mol. The van der Waals surface area contributed by atoms with Crippen LogP contribution in [-0.4, -0.2) is 37.0 Å². The molecule has 2 amide bonds. The fourth-order valence-electron chi connectivity index (χ4n) is 1.97. The molecule has 0 aliphatic heterocycles. The van der Waals surface area contributed by atoms with Crippen molar-refractivity contribution in [1.29, 1.82) is 0 Å². The summed E-state index contributed by atoms with van der Waals surface area (Å²) in [4.78, 5) is 24.9. The first-order chi connectivity index (χ1) is 10.2. The van der Waals surface area contributed by atoms with Crippen LogP contribution in [0.4, 0.5) is 5.69 Å². The van der Waals surface area contributed by atoms with Crippen molar-refractivity contribution in [2.75, 3.05) is 25.0 Å². The molecule has 0 aliphatic carbocycles. The fourth-order valence-corrected chi connectivity index (χ4v) is 2.33. The summed E-state index contributed by atoms with van der Waals surface area (Å²) in [6.07, 6.45) is 0. The maximum atomic E-state index is 12.1. The van der Waals surface area contributed by atoms with Crippen molar-refractivity contribution in [2.24, 2.45) is 0 Å². The zero-order chi connectivity index (χ0) is 16.8. The lowest BCUT2D eigenvalue weighted by Crippen LogP contribution is -3.14. The summed E-state index contributed by atoms with van der Waals surface area (Å²) in [5.41, 5.74) is 0.527. The Hall–Kier alpha value is -1.15. The molecule has 122 valence electrons. The summed E-state index contributed by atoms with van der Waals surface area (Å²) in [5.74, 6) is -0.118. The Labute approximate surface area is 146 Å². The van der Waals surface area contributed by atoms with Crippen molar-refractivity contribution in [3.8, 4) is 0 Å². The van der Waals surface area contributed by atoms with E-state index in [0.29, 0.717) is 6.54 Å². The third-order valence-electron chi connectivity index (χ3n) is 2.96. The summed E-state index contributed by atoms with van der Waals surface area (Å²) in [6.45, 7) is 9.10. The first kappa shape index (κ1) is 18.9. The fraction of sp³-hybridized carbons (Fsp3) is 0.500. The van der Waals surface area contributed by atoms with Gasteiger partial charge in [-0.25, -0.2) is 0 Å². The maximum absolute atomic E-state index is 12.1. The van der Waals surface area contributed by atoms with Gasteiger partial charge in [-0.2, -0.15) is 0 Å². The van der Waals surface area contributed by atoms with Crippen molar-refractivity contribution < 1.29 is 14.5 Å². The average Bonchev–Trinajstić information content (AvgIpc) is 2.38. The van der Waals surface area contributed by atoms with E-state index in [2.05, 4.69) is 33.2 Å². The number of benzene rings is 1. The first-order valence-corrected chi connectivity index (χ1v) is 8.47. The van der Waals surface area contributed by atoms with E-state index < -0.39 is 0 Å². The highest BCUT2D eigenvalue weighted by Gasteiger charge is 2.20. The predicted molar refractivity (Wildman–Crippen MR) is 96.9 cm³/mol. The highest BCUT2D eigenvalue weighted by Crippen LogP contribution is 2.10. The minimum atomic E-state index is -0.251. The number of nitrogens with one attached hydrogen (secondary N) is 3. The molecule has 22 heavy (non-hydrogen) atoms. The molecular weight excluding hydrogens is 393 g/mol. The smallest absolute Gasteiger partial charge is 0.279 e. The van der Waals surface area contributed by atoms with E-state index in [1.165, 1.54) is 0 Å². The zero-order valence-electron chi connectivity index (χ0n) is 13.6. The lowest BCUT2D eigenvalue weighted by molar-refractivity contribution is -0.881. The molecule has 0 radical (unpaired) electrons. The molecule has 1 atom stereocenters. The number of carbonyl (C=O) groups is 2. The molecule has 0 aromatic heterocycles. The lowest BCUT2D eigenvalue weighted by atomic mass is 10.1. The first-order valence-electron chi connectivity index (χ1n) is 7.39. The van der Waals surface area contributed by atoms with Gasteiger partial charge in [0.2, 0.25) is 0 Å². The van der Waals surface area contributed by atoms with Crippen LogP contribution >= 0.6 is 22.6 Å².